The smallest absolute Gasteiger partial charge is 0.242 e. The molecule has 102 valence electrons. The Labute approximate surface area is 117 Å². The van der Waals surface area contributed by atoms with E-state index in [2.05, 4.69) is 14.7 Å². The summed E-state index contributed by atoms with van der Waals surface area (Å²) in [7, 11) is -3.75. The lowest BCUT2D eigenvalue weighted by atomic mass is 10.2. The molecule has 0 radical (unpaired) electrons. The minimum atomic E-state index is -3.75. The van der Waals surface area contributed by atoms with Gasteiger partial charge in [-0.1, -0.05) is 12.1 Å². The van der Waals surface area contributed by atoms with Gasteiger partial charge in [0, 0.05) is 6.20 Å². The molecule has 2 aromatic rings. The Morgan fingerprint density at radius 3 is 2.65 bits per heavy atom. The molecule has 0 saturated heterocycles. The lowest BCUT2D eigenvalue weighted by molar-refractivity contribution is 0.580. The highest BCUT2D eigenvalue weighted by Crippen LogP contribution is 2.14. The number of hydrogen-bond donors (Lipinski definition) is 1. The maximum Gasteiger partial charge on any atom is 0.242 e. The topological polar surface area (TPSA) is 95.7 Å². The molecule has 0 atom stereocenters. The first-order chi connectivity index (χ1) is 9.53. The summed E-state index contributed by atoms with van der Waals surface area (Å²) >= 11 is 0. The largest absolute Gasteiger partial charge is 0.258 e. The molecule has 1 heterocycles. The summed E-state index contributed by atoms with van der Waals surface area (Å²) < 4.78 is 26.7. The van der Waals surface area contributed by atoms with Crippen molar-refractivity contribution < 1.29 is 8.42 Å². The van der Waals surface area contributed by atoms with Crippen molar-refractivity contribution in [2.75, 3.05) is 0 Å². The molecule has 1 N–H and O–H groups in total. The lowest BCUT2D eigenvalue weighted by Crippen LogP contribution is -2.24. The summed E-state index contributed by atoms with van der Waals surface area (Å²) in [6.45, 7) is 1.82. The molecule has 0 aliphatic rings. The molecular weight excluding hydrogens is 276 g/mol. The molecule has 0 bridgehead atoms. The van der Waals surface area contributed by atoms with Crippen LogP contribution in [0.3, 0.4) is 0 Å². The molecular formula is C13H12N4O2S. The molecule has 6 nitrogen and oxygen atoms in total. The lowest BCUT2D eigenvalue weighted by Gasteiger charge is -2.07. The van der Waals surface area contributed by atoms with Crippen LogP contribution in [0.2, 0.25) is 0 Å². The molecule has 7 heteroatoms. The third-order valence-electron chi connectivity index (χ3n) is 2.57. The van der Waals surface area contributed by atoms with E-state index in [1.807, 2.05) is 6.07 Å². The van der Waals surface area contributed by atoms with Crippen LogP contribution < -0.4 is 4.72 Å². The molecule has 0 fully saturated rings. The van der Waals surface area contributed by atoms with Crippen LogP contribution in [0, 0.1) is 18.3 Å². The number of sulfonamides is 1. The first kappa shape index (κ1) is 14.1. The van der Waals surface area contributed by atoms with Gasteiger partial charge in [-0.15, -0.1) is 0 Å². The van der Waals surface area contributed by atoms with Gasteiger partial charge in [0.25, 0.3) is 0 Å². The number of benzene rings is 1. The van der Waals surface area contributed by atoms with Gasteiger partial charge in [0.05, 0.1) is 34.6 Å². The van der Waals surface area contributed by atoms with E-state index in [0.29, 0.717) is 5.69 Å². The highest BCUT2D eigenvalue weighted by atomic mass is 32.2. The fraction of sp³-hybridized carbons (Fsp3) is 0.154. The molecule has 2 rings (SSSR count). The number of aromatic nitrogens is 2. The molecule has 0 amide bonds. The Bertz CT molecular complexity index is 749. The van der Waals surface area contributed by atoms with E-state index in [1.54, 1.807) is 25.3 Å². The van der Waals surface area contributed by atoms with Crippen LogP contribution in [0.5, 0.6) is 0 Å². The van der Waals surface area contributed by atoms with Crippen molar-refractivity contribution >= 4 is 10.0 Å². The second kappa shape index (κ2) is 5.77. The quantitative estimate of drug-likeness (QED) is 0.910. The van der Waals surface area contributed by atoms with Crippen molar-refractivity contribution in [3.8, 4) is 6.07 Å². The standard InChI is InChI=1S/C13H12N4O2S/c1-10-7-16-12(8-15-10)9-17-20(18,19)13-5-3-2-4-11(13)6-14/h2-5,7-8,17H,9H2,1H3. The van der Waals surface area contributed by atoms with E-state index in [1.165, 1.54) is 18.3 Å². The minimum Gasteiger partial charge on any atom is -0.258 e. The van der Waals surface area contributed by atoms with E-state index in [0.717, 1.165) is 5.69 Å². The van der Waals surface area contributed by atoms with Gasteiger partial charge < -0.3 is 0 Å². The van der Waals surface area contributed by atoms with Crippen molar-refractivity contribution in [1.29, 1.82) is 5.26 Å². The van der Waals surface area contributed by atoms with Gasteiger partial charge in [0.1, 0.15) is 6.07 Å². The van der Waals surface area contributed by atoms with E-state index >= 15 is 0 Å². The van der Waals surface area contributed by atoms with Crippen LogP contribution >= 0.6 is 0 Å². The van der Waals surface area contributed by atoms with Gasteiger partial charge in [0.2, 0.25) is 10.0 Å². The third-order valence-corrected chi connectivity index (χ3v) is 4.03. The van der Waals surface area contributed by atoms with Gasteiger partial charge in [0.15, 0.2) is 0 Å². The number of hydrogen-bond acceptors (Lipinski definition) is 5. The summed E-state index contributed by atoms with van der Waals surface area (Å²) in [6, 6.07) is 7.89. The fourth-order valence-corrected chi connectivity index (χ4v) is 2.70. The van der Waals surface area contributed by atoms with Crippen LogP contribution in [-0.2, 0) is 16.6 Å². The summed E-state index contributed by atoms with van der Waals surface area (Å²) in [5, 5.41) is 8.93. The monoisotopic (exact) mass is 288 g/mol. The molecule has 0 saturated carbocycles. The second-order valence-corrected chi connectivity index (χ2v) is 5.82. The van der Waals surface area contributed by atoms with Gasteiger partial charge in [-0.05, 0) is 19.1 Å². The number of nitrogens with one attached hydrogen (secondary N) is 1. The highest BCUT2D eigenvalue weighted by molar-refractivity contribution is 7.89. The Balaban J connectivity index is 2.20. The Morgan fingerprint density at radius 1 is 1.25 bits per heavy atom. The normalized spacial score (nSPS) is 11.0. The van der Waals surface area contributed by atoms with Gasteiger partial charge >= 0.3 is 0 Å². The zero-order chi connectivity index (χ0) is 14.6. The first-order valence-electron chi connectivity index (χ1n) is 5.79. The molecule has 20 heavy (non-hydrogen) atoms. The maximum atomic E-state index is 12.1. The summed E-state index contributed by atoms with van der Waals surface area (Å²) in [6.07, 6.45) is 3.07. The van der Waals surface area contributed by atoms with Crippen LogP contribution in [0.15, 0.2) is 41.6 Å². The van der Waals surface area contributed by atoms with Crippen LogP contribution in [-0.4, -0.2) is 18.4 Å². The number of aryl methyl sites for hydroxylation is 1. The maximum absolute atomic E-state index is 12.1. The Morgan fingerprint density at radius 2 is 2.00 bits per heavy atom. The number of nitrogens with zero attached hydrogens (tertiary/aromatic N) is 3. The molecule has 0 unspecified atom stereocenters. The average Bonchev–Trinajstić information content (AvgIpc) is 2.46. The van der Waals surface area contributed by atoms with Crippen molar-refractivity contribution in [2.24, 2.45) is 0 Å². The molecule has 0 spiro atoms. The summed E-state index contributed by atoms with van der Waals surface area (Å²) in [5.41, 5.74) is 1.37. The fourth-order valence-electron chi connectivity index (χ4n) is 1.55. The number of rotatable bonds is 4. The Kier molecular flexibility index (Phi) is 4.08. The van der Waals surface area contributed by atoms with Crippen LogP contribution in [0.4, 0.5) is 0 Å². The zero-order valence-corrected chi connectivity index (χ0v) is 11.6. The van der Waals surface area contributed by atoms with Crippen molar-refractivity contribution in [2.45, 2.75) is 18.4 Å². The second-order valence-electron chi connectivity index (χ2n) is 4.08. The van der Waals surface area contributed by atoms with Gasteiger partial charge in [-0.25, -0.2) is 13.1 Å². The van der Waals surface area contributed by atoms with Crippen LogP contribution in [0.1, 0.15) is 17.0 Å². The van der Waals surface area contributed by atoms with Gasteiger partial charge in [-0.3, -0.25) is 9.97 Å². The molecule has 1 aromatic heterocycles. The predicted octanol–water partition coefficient (Wildman–Crippen LogP) is 1.14. The highest BCUT2D eigenvalue weighted by Gasteiger charge is 2.17. The van der Waals surface area contributed by atoms with Crippen molar-refractivity contribution in [3.05, 3.63) is 53.6 Å². The van der Waals surface area contributed by atoms with Crippen molar-refractivity contribution in [3.63, 3.8) is 0 Å². The average molecular weight is 288 g/mol. The van der Waals surface area contributed by atoms with E-state index in [9.17, 15) is 8.42 Å². The minimum absolute atomic E-state index is 0.0232. The molecule has 0 aliphatic heterocycles. The van der Waals surface area contributed by atoms with Crippen LogP contribution in [0.25, 0.3) is 0 Å². The molecule has 1 aromatic carbocycles. The first-order valence-corrected chi connectivity index (χ1v) is 7.27. The summed E-state index contributed by atoms with van der Waals surface area (Å²) in [5.74, 6) is 0. The zero-order valence-electron chi connectivity index (χ0n) is 10.7. The van der Waals surface area contributed by atoms with Gasteiger partial charge in [-0.2, -0.15) is 5.26 Å². The van der Waals surface area contributed by atoms with E-state index in [4.69, 9.17) is 5.26 Å². The molecule has 0 aliphatic carbocycles. The predicted molar refractivity (Wildman–Crippen MR) is 72.0 cm³/mol. The number of nitriles is 1. The van der Waals surface area contributed by atoms with E-state index < -0.39 is 10.0 Å². The Hall–Kier alpha value is -2.30. The SMILES string of the molecule is Cc1cnc(CNS(=O)(=O)c2ccccc2C#N)cn1. The van der Waals surface area contributed by atoms with Crippen molar-refractivity contribution in [1.82, 2.24) is 14.7 Å². The van der Waals surface area contributed by atoms with E-state index in [-0.39, 0.29) is 17.0 Å². The summed E-state index contributed by atoms with van der Waals surface area (Å²) in [4.78, 5) is 8.06. The third kappa shape index (κ3) is 3.17.